The zero-order chi connectivity index (χ0) is 18.4. The molecule has 1 heterocycles. The molecule has 3 aromatic rings. The fraction of sp³-hybridized carbons (Fsp3) is 0.167. The van der Waals surface area contributed by atoms with Crippen LogP contribution in [0.3, 0.4) is 0 Å². The van der Waals surface area contributed by atoms with Gasteiger partial charge in [0.1, 0.15) is 0 Å². The maximum absolute atomic E-state index is 12.0. The van der Waals surface area contributed by atoms with Crippen molar-refractivity contribution in [3.63, 3.8) is 0 Å². The van der Waals surface area contributed by atoms with Crippen molar-refractivity contribution in [3.05, 3.63) is 59.4 Å². The molecule has 134 valence electrons. The van der Waals surface area contributed by atoms with Crippen LogP contribution in [0, 0.1) is 0 Å². The largest absolute Gasteiger partial charge is 0.338 e. The van der Waals surface area contributed by atoms with Crippen LogP contribution in [0.5, 0.6) is 0 Å². The van der Waals surface area contributed by atoms with E-state index in [1.165, 1.54) is 11.8 Å². The van der Waals surface area contributed by atoms with Gasteiger partial charge in [0, 0.05) is 21.2 Å². The van der Waals surface area contributed by atoms with E-state index in [-0.39, 0.29) is 5.91 Å². The fourth-order valence-corrected chi connectivity index (χ4v) is 3.40. The fourth-order valence-electron chi connectivity index (χ4n) is 2.16. The molecule has 5 nitrogen and oxygen atoms in total. The molecule has 0 saturated carbocycles. The molecule has 0 fully saturated rings. The number of anilines is 1. The Hall–Kier alpha value is -1.96. The minimum Gasteiger partial charge on any atom is -0.338 e. The number of nitrogens with one attached hydrogen (secondary N) is 1. The Kier molecular flexibility index (Phi) is 6.60. The lowest BCUT2D eigenvalue weighted by atomic mass is 10.2. The van der Waals surface area contributed by atoms with Gasteiger partial charge in [0.2, 0.25) is 17.6 Å². The van der Waals surface area contributed by atoms with Crippen molar-refractivity contribution >= 4 is 46.7 Å². The van der Waals surface area contributed by atoms with Gasteiger partial charge in [-0.25, -0.2) is 0 Å². The number of benzene rings is 2. The molecule has 26 heavy (non-hydrogen) atoms. The van der Waals surface area contributed by atoms with Gasteiger partial charge in [-0.05, 0) is 48.7 Å². The number of amides is 1. The number of halogens is 1. The Morgan fingerprint density at radius 2 is 2.04 bits per heavy atom. The van der Waals surface area contributed by atoms with Crippen molar-refractivity contribution in [2.75, 3.05) is 17.3 Å². The molecule has 1 aromatic heterocycles. The van der Waals surface area contributed by atoms with Crippen LogP contribution in [0.1, 0.15) is 5.89 Å². The first-order valence-electron chi connectivity index (χ1n) is 7.74. The molecule has 0 bridgehead atoms. The number of rotatable bonds is 7. The van der Waals surface area contributed by atoms with Crippen molar-refractivity contribution in [2.24, 2.45) is 0 Å². The molecular weight excluding hydrogens is 390 g/mol. The number of hydrogen-bond acceptors (Lipinski definition) is 6. The summed E-state index contributed by atoms with van der Waals surface area (Å²) >= 11 is 8.93. The smallest absolute Gasteiger partial charge is 0.236 e. The quantitative estimate of drug-likeness (QED) is 0.559. The molecule has 0 aliphatic carbocycles. The molecule has 0 spiro atoms. The summed E-state index contributed by atoms with van der Waals surface area (Å²) < 4.78 is 5.23. The Morgan fingerprint density at radius 3 is 2.81 bits per heavy atom. The van der Waals surface area contributed by atoms with E-state index in [0.29, 0.717) is 28.2 Å². The van der Waals surface area contributed by atoms with Gasteiger partial charge >= 0.3 is 0 Å². The Balaban J connectivity index is 1.48. The van der Waals surface area contributed by atoms with E-state index in [9.17, 15) is 4.79 Å². The Labute approximate surface area is 164 Å². The van der Waals surface area contributed by atoms with Gasteiger partial charge in [-0.15, -0.1) is 23.5 Å². The molecular formula is C18H16ClN3O2S2. The third-order valence-electron chi connectivity index (χ3n) is 3.38. The summed E-state index contributed by atoms with van der Waals surface area (Å²) in [6, 6.07) is 15.0. The number of carbonyl (C=O) groups is 1. The van der Waals surface area contributed by atoms with E-state index in [4.69, 9.17) is 16.1 Å². The second-order valence-electron chi connectivity index (χ2n) is 5.29. The normalized spacial score (nSPS) is 10.7. The predicted octanol–water partition coefficient (Wildman–Crippen LogP) is 4.98. The molecule has 0 atom stereocenters. The highest BCUT2D eigenvalue weighted by atomic mass is 35.5. The van der Waals surface area contributed by atoms with Gasteiger partial charge in [-0.1, -0.05) is 22.8 Å². The van der Waals surface area contributed by atoms with Crippen LogP contribution >= 0.6 is 35.1 Å². The second kappa shape index (κ2) is 9.12. The monoisotopic (exact) mass is 405 g/mol. The first-order valence-corrected chi connectivity index (χ1v) is 10.5. The van der Waals surface area contributed by atoms with E-state index in [2.05, 4.69) is 15.5 Å². The average molecular weight is 406 g/mol. The van der Waals surface area contributed by atoms with Crippen LogP contribution in [0.2, 0.25) is 5.02 Å². The topological polar surface area (TPSA) is 68.0 Å². The average Bonchev–Trinajstić information content (AvgIpc) is 3.11. The zero-order valence-electron chi connectivity index (χ0n) is 13.9. The van der Waals surface area contributed by atoms with Gasteiger partial charge in [0.15, 0.2) is 0 Å². The minimum absolute atomic E-state index is 0.0642. The Bertz CT molecular complexity index is 884. The van der Waals surface area contributed by atoms with Crippen LogP contribution in [-0.2, 0) is 10.5 Å². The van der Waals surface area contributed by atoms with E-state index >= 15 is 0 Å². The van der Waals surface area contributed by atoms with Crippen molar-refractivity contribution in [1.82, 2.24) is 10.1 Å². The highest BCUT2D eigenvalue weighted by molar-refractivity contribution is 7.99. The lowest BCUT2D eigenvalue weighted by Crippen LogP contribution is -2.14. The van der Waals surface area contributed by atoms with Crippen LogP contribution in [0.15, 0.2) is 57.9 Å². The van der Waals surface area contributed by atoms with Crippen LogP contribution < -0.4 is 5.32 Å². The number of hydrogen-bond donors (Lipinski definition) is 1. The summed E-state index contributed by atoms with van der Waals surface area (Å²) in [7, 11) is 0. The van der Waals surface area contributed by atoms with E-state index in [0.717, 1.165) is 16.1 Å². The maximum atomic E-state index is 12.0. The first kappa shape index (κ1) is 18.8. The van der Waals surface area contributed by atoms with Gasteiger partial charge in [0.05, 0.1) is 11.5 Å². The molecule has 1 N–H and O–H groups in total. The van der Waals surface area contributed by atoms with E-state index in [1.807, 2.05) is 42.7 Å². The van der Waals surface area contributed by atoms with Gasteiger partial charge in [-0.3, -0.25) is 4.79 Å². The lowest BCUT2D eigenvalue weighted by Gasteiger charge is -2.05. The summed E-state index contributed by atoms with van der Waals surface area (Å²) in [4.78, 5) is 17.5. The van der Waals surface area contributed by atoms with Crippen LogP contribution in [0.25, 0.3) is 11.4 Å². The number of carbonyl (C=O) groups excluding carboxylic acids is 1. The van der Waals surface area contributed by atoms with Crippen LogP contribution in [0.4, 0.5) is 5.69 Å². The highest BCUT2D eigenvalue weighted by Gasteiger charge is 2.10. The highest BCUT2D eigenvalue weighted by Crippen LogP contribution is 2.21. The third-order valence-corrected chi connectivity index (χ3v) is 5.28. The summed E-state index contributed by atoms with van der Waals surface area (Å²) in [6.45, 7) is 0. The lowest BCUT2D eigenvalue weighted by molar-refractivity contribution is -0.113. The zero-order valence-corrected chi connectivity index (χ0v) is 16.3. The van der Waals surface area contributed by atoms with Crippen molar-refractivity contribution in [1.29, 1.82) is 0 Å². The van der Waals surface area contributed by atoms with Crippen LogP contribution in [-0.4, -0.2) is 28.1 Å². The summed E-state index contributed by atoms with van der Waals surface area (Å²) in [5, 5.41) is 7.50. The number of nitrogens with zero attached hydrogens (tertiary/aromatic N) is 2. The van der Waals surface area contributed by atoms with Crippen molar-refractivity contribution < 1.29 is 9.32 Å². The molecule has 0 aliphatic rings. The third kappa shape index (κ3) is 5.27. The number of thioether (sulfide) groups is 2. The molecule has 0 radical (unpaired) electrons. The van der Waals surface area contributed by atoms with Gasteiger partial charge < -0.3 is 9.84 Å². The summed E-state index contributed by atoms with van der Waals surface area (Å²) in [5.74, 6) is 1.71. The Morgan fingerprint density at radius 1 is 1.23 bits per heavy atom. The SMILES string of the molecule is CSc1cccc(NC(=O)CSCc2nc(-c3ccc(Cl)cc3)no2)c1. The standard InChI is InChI=1S/C18H16ClN3O2S2/c1-25-15-4-2-3-14(9-15)20-16(23)10-26-11-17-21-18(22-24-17)12-5-7-13(19)8-6-12/h2-9H,10-11H2,1H3,(H,20,23). The van der Waals surface area contributed by atoms with Gasteiger partial charge in [-0.2, -0.15) is 4.98 Å². The minimum atomic E-state index is -0.0642. The maximum Gasteiger partial charge on any atom is 0.236 e. The molecule has 0 unspecified atom stereocenters. The van der Waals surface area contributed by atoms with Gasteiger partial charge in [0.25, 0.3) is 0 Å². The summed E-state index contributed by atoms with van der Waals surface area (Å²) in [5.41, 5.74) is 1.63. The van der Waals surface area contributed by atoms with E-state index < -0.39 is 0 Å². The predicted molar refractivity (Wildman–Crippen MR) is 108 cm³/mol. The first-order chi connectivity index (χ1) is 12.6. The second-order valence-corrected chi connectivity index (χ2v) is 7.59. The van der Waals surface area contributed by atoms with Crippen molar-refractivity contribution in [2.45, 2.75) is 10.6 Å². The number of aromatic nitrogens is 2. The molecule has 1 amide bonds. The molecule has 0 saturated heterocycles. The molecule has 3 rings (SSSR count). The molecule has 2 aromatic carbocycles. The van der Waals surface area contributed by atoms with Crippen molar-refractivity contribution in [3.8, 4) is 11.4 Å². The molecule has 8 heteroatoms. The molecule has 0 aliphatic heterocycles. The van der Waals surface area contributed by atoms with E-state index in [1.54, 1.807) is 23.9 Å². The summed E-state index contributed by atoms with van der Waals surface area (Å²) in [6.07, 6.45) is 2.00.